The Labute approximate surface area is 115 Å². The summed E-state index contributed by atoms with van der Waals surface area (Å²) in [6.07, 6.45) is 4.90. The third-order valence-electron chi connectivity index (χ3n) is 2.67. The van der Waals surface area contributed by atoms with Crippen LogP contribution in [0.3, 0.4) is 0 Å². The summed E-state index contributed by atoms with van der Waals surface area (Å²) in [6.45, 7) is 2.30. The zero-order valence-electron chi connectivity index (χ0n) is 11.0. The van der Waals surface area contributed by atoms with E-state index in [2.05, 4.69) is 20.7 Å². The van der Waals surface area contributed by atoms with E-state index in [1.807, 2.05) is 13.0 Å². The standard InChI is InChI=1S/C13H15N5O2/c1-10-3-4-12(18-15-7-8-16-18)11(9-10)13(19)14-5-2-6-17-20/h3-4,6-9,20H,2,5H2,1H3,(H,14,19)/b17-6-. The van der Waals surface area contributed by atoms with Gasteiger partial charge < -0.3 is 10.5 Å². The van der Waals surface area contributed by atoms with Gasteiger partial charge in [0.05, 0.1) is 23.6 Å². The van der Waals surface area contributed by atoms with Gasteiger partial charge in [-0.2, -0.15) is 15.0 Å². The van der Waals surface area contributed by atoms with Crippen molar-refractivity contribution in [2.45, 2.75) is 13.3 Å². The highest BCUT2D eigenvalue weighted by Gasteiger charge is 2.13. The monoisotopic (exact) mass is 273 g/mol. The van der Waals surface area contributed by atoms with E-state index in [0.717, 1.165) is 5.56 Å². The van der Waals surface area contributed by atoms with Gasteiger partial charge in [0.2, 0.25) is 0 Å². The molecule has 7 nitrogen and oxygen atoms in total. The highest BCUT2D eigenvalue weighted by molar-refractivity contribution is 5.98. The molecule has 20 heavy (non-hydrogen) atoms. The van der Waals surface area contributed by atoms with Crippen molar-refractivity contribution in [3.8, 4) is 5.69 Å². The summed E-state index contributed by atoms with van der Waals surface area (Å²) >= 11 is 0. The first-order chi connectivity index (χ1) is 9.72. The van der Waals surface area contributed by atoms with Crippen LogP contribution in [0.1, 0.15) is 22.3 Å². The third-order valence-corrected chi connectivity index (χ3v) is 2.67. The fourth-order valence-corrected chi connectivity index (χ4v) is 1.75. The first kappa shape index (κ1) is 13.7. The highest BCUT2D eigenvalue weighted by atomic mass is 16.4. The Morgan fingerprint density at radius 1 is 1.45 bits per heavy atom. The number of benzene rings is 1. The number of aryl methyl sites for hydroxylation is 1. The number of rotatable bonds is 5. The van der Waals surface area contributed by atoms with E-state index in [4.69, 9.17) is 5.21 Å². The van der Waals surface area contributed by atoms with Crippen molar-refractivity contribution in [1.29, 1.82) is 0 Å². The van der Waals surface area contributed by atoms with Crippen LogP contribution in [0.15, 0.2) is 35.7 Å². The summed E-state index contributed by atoms with van der Waals surface area (Å²) in [7, 11) is 0. The molecule has 104 valence electrons. The van der Waals surface area contributed by atoms with Crippen molar-refractivity contribution >= 4 is 12.1 Å². The first-order valence-electron chi connectivity index (χ1n) is 6.14. The van der Waals surface area contributed by atoms with Gasteiger partial charge in [-0.25, -0.2) is 0 Å². The molecule has 0 fully saturated rings. The average Bonchev–Trinajstić information content (AvgIpc) is 2.97. The second-order valence-corrected chi connectivity index (χ2v) is 4.18. The molecule has 7 heteroatoms. The summed E-state index contributed by atoms with van der Waals surface area (Å²) in [5.41, 5.74) is 2.10. The van der Waals surface area contributed by atoms with Crippen LogP contribution in [-0.4, -0.2) is 38.9 Å². The molecule has 0 aliphatic heterocycles. The Bertz CT molecular complexity index is 607. The molecule has 0 saturated carbocycles. The predicted molar refractivity (Wildman–Crippen MR) is 73.3 cm³/mol. The number of amides is 1. The molecule has 2 aromatic rings. The van der Waals surface area contributed by atoms with Crippen LogP contribution in [0, 0.1) is 6.92 Å². The minimum Gasteiger partial charge on any atom is -0.411 e. The lowest BCUT2D eigenvalue weighted by molar-refractivity contribution is 0.0954. The summed E-state index contributed by atoms with van der Waals surface area (Å²) < 4.78 is 0. The number of hydrogen-bond donors (Lipinski definition) is 2. The van der Waals surface area contributed by atoms with Crippen LogP contribution >= 0.6 is 0 Å². The van der Waals surface area contributed by atoms with Gasteiger partial charge in [0, 0.05) is 19.2 Å². The Morgan fingerprint density at radius 3 is 2.90 bits per heavy atom. The highest BCUT2D eigenvalue weighted by Crippen LogP contribution is 2.14. The van der Waals surface area contributed by atoms with Gasteiger partial charge in [-0.15, -0.1) is 5.16 Å². The molecular weight excluding hydrogens is 258 g/mol. The molecule has 0 saturated heterocycles. The Morgan fingerprint density at radius 2 is 2.20 bits per heavy atom. The Kier molecular flexibility index (Phi) is 4.43. The predicted octanol–water partition coefficient (Wildman–Crippen LogP) is 1.16. The Hall–Kier alpha value is -2.70. The maximum Gasteiger partial charge on any atom is 0.253 e. The van der Waals surface area contributed by atoms with Gasteiger partial charge in [0.15, 0.2) is 0 Å². The quantitative estimate of drug-likeness (QED) is 0.370. The molecule has 0 aliphatic rings. The number of carbonyl (C=O) groups is 1. The van der Waals surface area contributed by atoms with Crippen LogP contribution in [0.25, 0.3) is 5.69 Å². The molecule has 0 aliphatic carbocycles. The second-order valence-electron chi connectivity index (χ2n) is 4.18. The summed E-state index contributed by atoms with van der Waals surface area (Å²) in [6, 6.07) is 5.49. The fraction of sp³-hybridized carbons (Fsp3) is 0.231. The molecule has 0 radical (unpaired) electrons. The molecule has 0 atom stereocenters. The minimum absolute atomic E-state index is 0.215. The molecule has 2 rings (SSSR count). The van der Waals surface area contributed by atoms with Gasteiger partial charge in [0.1, 0.15) is 0 Å². The molecule has 0 bridgehead atoms. The van der Waals surface area contributed by atoms with Crippen molar-refractivity contribution in [3.63, 3.8) is 0 Å². The van der Waals surface area contributed by atoms with E-state index in [-0.39, 0.29) is 5.91 Å². The van der Waals surface area contributed by atoms with E-state index >= 15 is 0 Å². The number of nitrogens with one attached hydrogen (secondary N) is 1. The zero-order chi connectivity index (χ0) is 14.4. The molecule has 0 spiro atoms. The SMILES string of the molecule is Cc1ccc(-n2nccn2)c(C(=O)NCC/C=N\O)c1. The van der Waals surface area contributed by atoms with E-state index in [1.54, 1.807) is 24.5 Å². The van der Waals surface area contributed by atoms with E-state index in [1.165, 1.54) is 11.0 Å². The zero-order valence-corrected chi connectivity index (χ0v) is 11.0. The summed E-state index contributed by atoms with van der Waals surface area (Å²) in [5, 5.41) is 22.0. The largest absolute Gasteiger partial charge is 0.411 e. The van der Waals surface area contributed by atoms with Crippen molar-refractivity contribution < 1.29 is 10.0 Å². The Balaban J connectivity index is 2.21. The van der Waals surface area contributed by atoms with Crippen molar-refractivity contribution in [1.82, 2.24) is 20.3 Å². The molecule has 1 amide bonds. The van der Waals surface area contributed by atoms with Gasteiger partial charge in [-0.05, 0) is 19.1 Å². The van der Waals surface area contributed by atoms with Crippen molar-refractivity contribution in [2.75, 3.05) is 6.54 Å². The third kappa shape index (κ3) is 3.19. The van der Waals surface area contributed by atoms with Crippen LogP contribution in [0.2, 0.25) is 0 Å². The van der Waals surface area contributed by atoms with E-state index < -0.39 is 0 Å². The number of carbonyl (C=O) groups excluding carboxylic acids is 1. The smallest absolute Gasteiger partial charge is 0.253 e. The molecular formula is C13H15N5O2. The van der Waals surface area contributed by atoms with Gasteiger partial charge in [0.25, 0.3) is 5.91 Å². The molecule has 0 unspecified atom stereocenters. The van der Waals surface area contributed by atoms with Gasteiger partial charge in [-0.3, -0.25) is 4.79 Å². The van der Waals surface area contributed by atoms with Crippen molar-refractivity contribution in [2.24, 2.45) is 5.16 Å². The lowest BCUT2D eigenvalue weighted by Gasteiger charge is -2.09. The number of oxime groups is 1. The van der Waals surface area contributed by atoms with E-state index in [0.29, 0.717) is 24.2 Å². The van der Waals surface area contributed by atoms with Gasteiger partial charge >= 0.3 is 0 Å². The lowest BCUT2D eigenvalue weighted by Crippen LogP contribution is -2.26. The molecule has 1 aromatic carbocycles. The lowest BCUT2D eigenvalue weighted by atomic mass is 10.1. The van der Waals surface area contributed by atoms with Gasteiger partial charge in [-0.1, -0.05) is 11.6 Å². The maximum atomic E-state index is 12.2. The summed E-state index contributed by atoms with van der Waals surface area (Å²) in [4.78, 5) is 13.6. The number of nitrogens with zero attached hydrogens (tertiary/aromatic N) is 4. The van der Waals surface area contributed by atoms with Crippen molar-refractivity contribution in [3.05, 3.63) is 41.7 Å². The molecule has 1 heterocycles. The van der Waals surface area contributed by atoms with Crippen LogP contribution in [0.4, 0.5) is 0 Å². The average molecular weight is 273 g/mol. The van der Waals surface area contributed by atoms with Crippen LogP contribution in [-0.2, 0) is 0 Å². The minimum atomic E-state index is -0.215. The maximum absolute atomic E-state index is 12.2. The number of aromatic nitrogens is 3. The normalized spacial score (nSPS) is 10.8. The molecule has 1 aromatic heterocycles. The summed E-state index contributed by atoms with van der Waals surface area (Å²) in [5.74, 6) is -0.215. The fourth-order valence-electron chi connectivity index (χ4n) is 1.75. The molecule has 2 N–H and O–H groups in total. The van der Waals surface area contributed by atoms with Crippen LogP contribution in [0.5, 0.6) is 0 Å². The topological polar surface area (TPSA) is 92.4 Å². The van der Waals surface area contributed by atoms with Crippen LogP contribution < -0.4 is 5.32 Å². The number of hydrogen-bond acceptors (Lipinski definition) is 5. The van der Waals surface area contributed by atoms with E-state index in [9.17, 15) is 4.79 Å². The second kappa shape index (κ2) is 6.46. The first-order valence-corrected chi connectivity index (χ1v) is 6.14.